The Morgan fingerprint density at radius 1 is 1.11 bits per heavy atom. The molecule has 0 spiro atoms. The van der Waals surface area contributed by atoms with Crippen LogP contribution in [0.2, 0.25) is 5.02 Å². The average molecular weight is 682 g/mol. The summed E-state index contributed by atoms with van der Waals surface area (Å²) in [6, 6.07) is 2.71. The van der Waals surface area contributed by atoms with Crippen LogP contribution in [-0.2, 0) is 13.2 Å². The molecule has 2 aliphatic carbocycles. The van der Waals surface area contributed by atoms with Crippen LogP contribution in [0.1, 0.15) is 45.6 Å². The molecular formula is C29H29ClF5N9O3. The van der Waals surface area contributed by atoms with E-state index in [0.29, 0.717) is 17.8 Å². The number of anilines is 1. The first-order valence-corrected chi connectivity index (χ1v) is 15.3. The number of likely N-dealkylation sites (tertiary alicyclic amines) is 1. The van der Waals surface area contributed by atoms with Crippen molar-refractivity contribution in [1.82, 2.24) is 40.2 Å². The first kappa shape index (κ1) is 31.4. The number of rotatable bonds is 7. The summed E-state index contributed by atoms with van der Waals surface area (Å²) in [4.78, 5) is 44.3. The highest BCUT2D eigenvalue weighted by Crippen LogP contribution is 2.53. The maximum absolute atomic E-state index is 13.7. The first-order valence-electron chi connectivity index (χ1n) is 15.0. The minimum atomic E-state index is -4.94. The minimum Gasteiger partial charge on any atom is -0.349 e. The molecule has 4 heterocycles. The first-order chi connectivity index (χ1) is 22.2. The van der Waals surface area contributed by atoms with Crippen molar-refractivity contribution in [1.29, 1.82) is 0 Å². The van der Waals surface area contributed by atoms with Gasteiger partial charge in [-0.05, 0) is 31.2 Å². The lowest BCUT2D eigenvalue weighted by molar-refractivity contribution is -0.141. The van der Waals surface area contributed by atoms with Crippen LogP contribution in [-0.4, -0.2) is 86.3 Å². The van der Waals surface area contributed by atoms with E-state index in [4.69, 9.17) is 11.6 Å². The third-order valence-corrected chi connectivity index (χ3v) is 9.53. The highest BCUT2D eigenvalue weighted by Gasteiger charge is 2.60. The van der Waals surface area contributed by atoms with Gasteiger partial charge in [-0.3, -0.25) is 14.3 Å². The predicted octanol–water partition coefficient (Wildman–Crippen LogP) is 3.52. The van der Waals surface area contributed by atoms with Gasteiger partial charge in [0.05, 0.1) is 28.0 Å². The summed E-state index contributed by atoms with van der Waals surface area (Å²) < 4.78 is 70.0. The highest BCUT2D eigenvalue weighted by atomic mass is 35.5. The molecule has 2 aliphatic heterocycles. The normalized spacial score (nSPS) is 25.8. The summed E-state index contributed by atoms with van der Waals surface area (Å²) in [6.07, 6.45) is -2.75. The molecule has 7 rings (SSSR count). The molecule has 2 saturated heterocycles. The number of imidazole rings is 1. The second-order valence-corrected chi connectivity index (χ2v) is 12.8. The van der Waals surface area contributed by atoms with Crippen molar-refractivity contribution in [3.63, 3.8) is 0 Å². The maximum Gasteiger partial charge on any atom is 0.435 e. The highest BCUT2D eigenvalue weighted by molar-refractivity contribution is 6.34. The lowest BCUT2D eigenvalue weighted by Crippen LogP contribution is -2.46. The Labute approximate surface area is 269 Å². The summed E-state index contributed by atoms with van der Waals surface area (Å²) in [5.74, 6) is -4.29. The Hall–Kier alpha value is -4.25. The molecule has 1 unspecified atom stereocenters. The number of carbonyl (C=O) groups is 3. The monoisotopic (exact) mass is 681 g/mol. The van der Waals surface area contributed by atoms with E-state index < -0.39 is 47.6 Å². The van der Waals surface area contributed by atoms with E-state index in [1.807, 2.05) is 0 Å². The number of hydrogen-bond acceptors (Lipinski definition) is 6. The number of aromatic nitrogens is 4. The van der Waals surface area contributed by atoms with Crippen molar-refractivity contribution in [2.45, 2.75) is 43.1 Å². The lowest BCUT2D eigenvalue weighted by atomic mass is 10.2. The van der Waals surface area contributed by atoms with Gasteiger partial charge in [-0.25, -0.2) is 18.6 Å². The smallest absolute Gasteiger partial charge is 0.349 e. The number of halogens is 6. The summed E-state index contributed by atoms with van der Waals surface area (Å²) >= 11 is 6.38. The number of alkyl halides is 5. The fraction of sp³-hybridized carbons (Fsp3) is 0.483. The van der Waals surface area contributed by atoms with Crippen LogP contribution < -0.4 is 21.3 Å². The van der Waals surface area contributed by atoms with Crippen molar-refractivity contribution in [3.8, 4) is 11.3 Å². The number of hydrogen-bond donors (Lipinski definition) is 4. The van der Waals surface area contributed by atoms with E-state index in [2.05, 4.69) is 31.3 Å². The molecule has 4 aliphatic rings. The quantitative estimate of drug-likeness (QED) is 0.282. The number of piperidine rings is 1. The predicted molar refractivity (Wildman–Crippen MR) is 157 cm³/mol. The van der Waals surface area contributed by atoms with Gasteiger partial charge in [-0.2, -0.15) is 18.3 Å². The Bertz CT molecular complexity index is 1760. The van der Waals surface area contributed by atoms with Gasteiger partial charge in [-0.1, -0.05) is 11.6 Å². The van der Waals surface area contributed by atoms with Gasteiger partial charge in [0.25, 0.3) is 17.7 Å². The van der Waals surface area contributed by atoms with Gasteiger partial charge in [0.1, 0.15) is 6.04 Å². The van der Waals surface area contributed by atoms with E-state index in [-0.39, 0.29) is 57.7 Å². The van der Waals surface area contributed by atoms with Crippen molar-refractivity contribution in [2.24, 2.45) is 18.9 Å². The van der Waals surface area contributed by atoms with Gasteiger partial charge in [0.2, 0.25) is 0 Å². The Morgan fingerprint density at radius 2 is 1.83 bits per heavy atom. The third kappa shape index (κ3) is 5.90. The van der Waals surface area contributed by atoms with Crippen LogP contribution in [0.3, 0.4) is 0 Å². The van der Waals surface area contributed by atoms with E-state index >= 15 is 0 Å². The van der Waals surface area contributed by atoms with Crippen molar-refractivity contribution in [3.05, 3.63) is 52.7 Å². The number of fused-ring (bicyclic) bond motifs is 1. The summed E-state index contributed by atoms with van der Waals surface area (Å²) in [5, 5.41) is 15.2. The molecule has 0 radical (unpaired) electrons. The lowest BCUT2D eigenvalue weighted by Gasteiger charge is -2.23. The molecule has 2 aromatic heterocycles. The van der Waals surface area contributed by atoms with Gasteiger partial charge >= 0.3 is 12.2 Å². The zero-order valence-corrected chi connectivity index (χ0v) is 25.5. The Morgan fingerprint density at radius 3 is 2.45 bits per heavy atom. The van der Waals surface area contributed by atoms with Crippen LogP contribution in [0.4, 0.5) is 32.4 Å². The van der Waals surface area contributed by atoms with Crippen LogP contribution in [0, 0.1) is 11.8 Å². The molecule has 18 heteroatoms. The zero-order valence-electron chi connectivity index (χ0n) is 24.7. The number of amides is 4. The van der Waals surface area contributed by atoms with E-state index in [1.54, 1.807) is 4.90 Å². The number of benzene rings is 1. The summed E-state index contributed by atoms with van der Waals surface area (Å²) in [6.45, 7) is 2.73. The van der Waals surface area contributed by atoms with Crippen LogP contribution >= 0.6 is 11.6 Å². The van der Waals surface area contributed by atoms with Crippen LogP contribution in [0.25, 0.3) is 11.3 Å². The van der Waals surface area contributed by atoms with Gasteiger partial charge in [0.15, 0.2) is 11.5 Å². The van der Waals surface area contributed by atoms with Crippen LogP contribution in [0.5, 0.6) is 0 Å². The molecule has 0 bridgehead atoms. The van der Waals surface area contributed by atoms with Crippen molar-refractivity contribution >= 4 is 35.1 Å². The van der Waals surface area contributed by atoms with Crippen LogP contribution in [0.15, 0.2) is 30.6 Å². The molecular weight excluding hydrogens is 653 g/mol. The molecule has 4 fully saturated rings. The molecule has 47 heavy (non-hydrogen) atoms. The molecule has 250 valence electrons. The number of urea groups is 1. The molecule has 1 aromatic carbocycles. The maximum atomic E-state index is 13.7. The van der Waals surface area contributed by atoms with E-state index in [1.165, 1.54) is 25.2 Å². The average Bonchev–Trinajstić information content (AvgIpc) is 3.48. The number of nitrogens with one attached hydrogen (secondary N) is 4. The van der Waals surface area contributed by atoms with E-state index in [9.17, 15) is 36.3 Å². The number of carbonyl (C=O) groups excluding carboxylic acids is 3. The molecule has 4 amide bonds. The zero-order chi connectivity index (χ0) is 33.4. The van der Waals surface area contributed by atoms with Gasteiger partial charge < -0.3 is 30.7 Å². The topological polar surface area (TPSA) is 138 Å². The number of nitrogens with zero attached hydrogens (tertiary/aromatic N) is 5. The third-order valence-electron chi connectivity index (χ3n) is 9.22. The standard InChI is InChI=1S/C29H29ClF5N9O3/c1-42-20(18-12-44(21-7-28(21,31)32)41-23(18)29(33,34)35)9-37-24(42)26(46)38-13-2-3-15(19(30)6-13)25(45)40-22-16-10-43(11-17(16)22)27(47)39-14-4-5-36-8-14/h2-3,6,9,12,14,16-17,21-22,36H,4-5,7-8,10-11H2,1H3,(H,38,46)(H,39,47)(H,40,45)/t14-,16-,17+,21?,22+/m0/s1. The fourth-order valence-corrected chi connectivity index (χ4v) is 6.71. The summed E-state index contributed by atoms with van der Waals surface area (Å²) in [5.41, 5.74) is -1.64. The Kier molecular flexibility index (Phi) is 7.46. The summed E-state index contributed by atoms with van der Waals surface area (Å²) in [7, 11) is 1.31. The second kappa shape index (κ2) is 11.2. The van der Waals surface area contributed by atoms with Gasteiger partial charge in [0, 0.05) is 68.9 Å². The van der Waals surface area contributed by atoms with Crippen molar-refractivity contribution in [2.75, 3.05) is 31.5 Å². The molecule has 3 aromatic rings. The molecule has 5 atom stereocenters. The molecule has 12 nitrogen and oxygen atoms in total. The Balaban J connectivity index is 0.974. The molecule has 2 saturated carbocycles. The largest absolute Gasteiger partial charge is 0.435 e. The molecule has 4 N–H and O–H groups in total. The SMILES string of the molecule is Cn1c(-c2cn(C3CC3(F)F)nc2C(F)(F)F)cnc1C(=O)Nc1ccc(C(=O)N[C@H]2[C@@H]3CN(C(=O)N[C@H]4CCNC4)C[C@@H]32)c(Cl)c1. The minimum absolute atomic E-state index is 0.0527. The fourth-order valence-electron chi connectivity index (χ4n) is 6.45. The second-order valence-electron chi connectivity index (χ2n) is 12.4. The van der Waals surface area contributed by atoms with Gasteiger partial charge in [-0.15, -0.1) is 0 Å². The van der Waals surface area contributed by atoms with Crippen molar-refractivity contribution < 1.29 is 36.3 Å². The van der Waals surface area contributed by atoms with E-state index in [0.717, 1.165) is 36.5 Å².